The zero-order valence-corrected chi connectivity index (χ0v) is 13.0. The molecule has 2 atom stereocenters. The summed E-state index contributed by atoms with van der Waals surface area (Å²) >= 11 is 0. The number of likely N-dealkylation sites (tertiary alicyclic amines) is 1. The molecular weight excluding hydrogens is 264 g/mol. The Bertz CT molecular complexity index is 425. The van der Waals surface area contributed by atoms with Gasteiger partial charge in [-0.3, -0.25) is 4.90 Å². The van der Waals surface area contributed by atoms with E-state index in [-0.39, 0.29) is 0 Å². The highest BCUT2D eigenvalue weighted by molar-refractivity contribution is 5.32. The van der Waals surface area contributed by atoms with Crippen molar-refractivity contribution in [2.75, 3.05) is 19.7 Å². The van der Waals surface area contributed by atoms with Gasteiger partial charge in [-0.1, -0.05) is 31.0 Å². The molecule has 118 valence electrons. The molecule has 0 aliphatic carbocycles. The van der Waals surface area contributed by atoms with Crippen LogP contribution in [0.25, 0.3) is 0 Å². The minimum absolute atomic E-state index is 0.320. The smallest absolute Gasteiger partial charge is 0.123 e. The average molecular weight is 292 g/mol. The Morgan fingerprint density at radius 3 is 2.95 bits per heavy atom. The average Bonchev–Trinajstić information content (AvgIpc) is 2.70. The van der Waals surface area contributed by atoms with E-state index in [4.69, 9.17) is 10.5 Å². The van der Waals surface area contributed by atoms with Crippen LogP contribution >= 0.6 is 0 Å². The van der Waals surface area contributed by atoms with E-state index in [0.29, 0.717) is 25.7 Å². The van der Waals surface area contributed by atoms with Crippen molar-refractivity contribution in [3.63, 3.8) is 0 Å². The molecule has 2 rings (SSSR count). The van der Waals surface area contributed by atoms with Crippen LogP contribution in [0.15, 0.2) is 24.3 Å². The SMILES string of the molecule is CC1CCCCCN1CC(O)COc1ccccc1CN. The van der Waals surface area contributed by atoms with Gasteiger partial charge in [0.1, 0.15) is 18.5 Å². The summed E-state index contributed by atoms with van der Waals surface area (Å²) < 4.78 is 5.74. The molecule has 0 spiro atoms. The van der Waals surface area contributed by atoms with Crippen molar-refractivity contribution in [3.05, 3.63) is 29.8 Å². The van der Waals surface area contributed by atoms with Gasteiger partial charge < -0.3 is 15.6 Å². The highest BCUT2D eigenvalue weighted by atomic mass is 16.5. The summed E-state index contributed by atoms with van der Waals surface area (Å²) in [6, 6.07) is 8.29. The first-order valence-corrected chi connectivity index (χ1v) is 8.03. The van der Waals surface area contributed by atoms with Crippen molar-refractivity contribution in [2.45, 2.75) is 51.3 Å². The monoisotopic (exact) mass is 292 g/mol. The van der Waals surface area contributed by atoms with Crippen molar-refractivity contribution < 1.29 is 9.84 Å². The molecule has 1 saturated heterocycles. The van der Waals surface area contributed by atoms with Gasteiger partial charge in [0.25, 0.3) is 0 Å². The third kappa shape index (κ3) is 4.99. The maximum absolute atomic E-state index is 10.2. The fraction of sp³-hybridized carbons (Fsp3) is 0.647. The predicted molar refractivity (Wildman–Crippen MR) is 85.3 cm³/mol. The van der Waals surface area contributed by atoms with Crippen LogP contribution in [-0.2, 0) is 6.54 Å². The largest absolute Gasteiger partial charge is 0.491 e. The number of hydrogen-bond acceptors (Lipinski definition) is 4. The third-order valence-corrected chi connectivity index (χ3v) is 4.26. The van der Waals surface area contributed by atoms with E-state index in [0.717, 1.165) is 17.9 Å². The van der Waals surface area contributed by atoms with E-state index in [2.05, 4.69) is 11.8 Å². The van der Waals surface area contributed by atoms with Crippen LogP contribution in [0.2, 0.25) is 0 Å². The Morgan fingerprint density at radius 2 is 2.14 bits per heavy atom. The number of rotatable bonds is 6. The standard InChI is InChI=1S/C17H28N2O2/c1-14-7-3-2-6-10-19(14)12-16(20)13-21-17-9-5-4-8-15(17)11-18/h4-5,8-9,14,16,20H,2-3,6-7,10-13,18H2,1H3. The van der Waals surface area contributed by atoms with Crippen molar-refractivity contribution in [2.24, 2.45) is 5.73 Å². The van der Waals surface area contributed by atoms with Crippen molar-refractivity contribution in [1.29, 1.82) is 0 Å². The lowest BCUT2D eigenvalue weighted by Gasteiger charge is -2.29. The molecule has 21 heavy (non-hydrogen) atoms. The van der Waals surface area contributed by atoms with Gasteiger partial charge in [0.2, 0.25) is 0 Å². The highest BCUT2D eigenvalue weighted by Gasteiger charge is 2.20. The summed E-state index contributed by atoms with van der Waals surface area (Å²) in [5.41, 5.74) is 6.67. The maximum atomic E-state index is 10.2. The number of benzene rings is 1. The fourth-order valence-corrected chi connectivity index (χ4v) is 2.93. The summed E-state index contributed by atoms with van der Waals surface area (Å²) in [5, 5.41) is 10.2. The quantitative estimate of drug-likeness (QED) is 0.843. The van der Waals surface area contributed by atoms with E-state index in [1.807, 2.05) is 24.3 Å². The zero-order chi connectivity index (χ0) is 15.1. The Hall–Kier alpha value is -1.10. The molecule has 4 heteroatoms. The van der Waals surface area contributed by atoms with Gasteiger partial charge in [0.05, 0.1) is 0 Å². The predicted octanol–water partition coefficient (Wildman–Crippen LogP) is 2.15. The van der Waals surface area contributed by atoms with Gasteiger partial charge in [-0.15, -0.1) is 0 Å². The first kappa shape index (κ1) is 16.3. The Balaban J connectivity index is 1.82. The van der Waals surface area contributed by atoms with Gasteiger partial charge in [-0.25, -0.2) is 0 Å². The van der Waals surface area contributed by atoms with E-state index >= 15 is 0 Å². The molecule has 1 aromatic carbocycles. The second kappa shape index (κ2) is 8.37. The Morgan fingerprint density at radius 1 is 1.33 bits per heavy atom. The zero-order valence-electron chi connectivity index (χ0n) is 13.0. The maximum Gasteiger partial charge on any atom is 0.123 e. The lowest BCUT2D eigenvalue weighted by atomic mass is 10.1. The molecule has 0 radical (unpaired) electrons. The molecule has 1 aromatic rings. The van der Waals surface area contributed by atoms with Crippen LogP contribution in [0.3, 0.4) is 0 Å². The van der Waals surface area contributed by atoms with Gasteiger partial charge in [0.15, 0.2) is 0 Å². The number of para-hydroxylation sites is 1. The van der Waals surface area contributed by atoms with Crippen molar-refractivity contribution in [1.82, 2.24) is 4.90 Å². The molecule has 3 N–H and O–H groups in total. The van der Waals surface area contributed by atoms with E-state index in [9.17, 15) is 5.11 Å². The van der Waals surface area contributed by atoms with Crippen molar-refractivity contribution in [3.8, 4) is 5.75 Å². The normalized spacial score (nSPS) is 21.8. The molecule has 2 unspecified atom stereocenters. The van der Waals surface area contributed by atoms with Crippen molar-refractivity contribution >= 4 is 0 Å². The van der Waals surface area contributed by atoms with E-state index in [1.54, 1.807) is 0 Å². The third-order valence-electron chi connectivity index (χ3n) is 4.26. The second-order valence-electron chi connectivity index (χ2n) is 5.97. The molecule has 1 heterocycles. The molecule has 4 nitrogen and oxygen atoms in total. The number of ether oxygens (including phenoxy) is 1. The first-order chi connectivity index (χ1) is 10.2. The second-order valence-corrected chi connectivity index (χ2v) is 5.97. The molecule has 1 fully saturated rings. The Labute approximate surface area is 127 Å². The van der Waals surface area contributed by atoms with Crippen LogP contribution in [0, 0.1) is 0 Å². The fourth-order valence-electron chi connectivity index (χ4n) is 2.93. The number of β-amino-alcohol motifs (C(OH)–C–C–N with tert-alkyl or cyclic N) is 1. The molecule has 1 aliphatic heterocycles. The number of aliphatic hydroxyl groups is 1. The van der Waals surface area contributed by atoms with Gasteiger partial charge in [-0.05, 0) is 32.4 Å². The summed E-state index contributed by atoms with van der Waals surface area (Å²) in [6.45, 7) is 4.79. The highest BCUT2D eigenvalue weighted by Crippen LogP contribution is 2.19. The molecule has 0 bridgehead atoms. The number of nitrogens with two attached hydrogens (primary N) is 1. The van der Waals surface area contributed by atoms with Crippen LogP contribution in [0.1, 0.15) is 38.2 Å². The van der Waals surface area contributed by atoms with Crippen LogP contribution in [-0.4, -0.2) is 41.8 Å². The van der Waals surface area contributed by atoms with Crippen LogP contribution < -0.4 is 10.5 Å². The van der Waals surface area contributed by atoms with Gasteiger partial charge in [-0.2, -0.15) is 0 Å². The van der Waals surface area contributed by atoms with E-state index in [1.165, 1.54) is 25.7 Å². The summed E-state index contributed by atoms with van der Waals surface area (Å²) in [6.07, 6.45) is 4.60. The van der Waals surface area contributed by atoms with Crippen LogP contribution in [0.4, 0.5) is 0 Å². The lowest BCUT2D eigenvalue weighted by molar-refractivity contribution is 0.0557. The minimum atomic E-state index is -0.462. The molecule has 0 saturated carbocycles. The van der Waals surface area contributed by atoms with E-state index < -0.39 is 6.10 Å². The summed E-state index contributed by atoms with van der Waals surface area (Å²) in [5.74, 6) is 0.781. The van der Waals surface area contributed by atoms with Gasteiger partial charge in [0, 0.05) is 24.7 Å². The Kier molecular flexibility index (Phi) is 6.49. The lowest BCUT2D eigenvalue weighted by Crippen LogP contribution is -2.40. The molecular formula is C17H28N2O2. The number of aliphatic hydroxyl groups excluding tert-OH is 1. The number of nitrogens with zero attached hydrogens (tertiary/aromatic N) is 1. The van der Waals surface area contributed by atoms with Gasteiger partial charge >= 0.3 is 0 Å². The minimum Gasteiger partial charge on any atom is -0.491 e. The number of hydrogen-bond donors (Lipinski definition) is 2. The molecule has 0 aromatic heterocycles. The topological polar surface area (TPSA) is 58.7 Å². The molecule has 0 amide bonds. The molecule has 1 aliphatic rings. The first-order valence-electron chi connectivity index (χ1n) is 8.03. The summed E-state index contributed by atoms with van der Waals surface area (Å²) in [4.78, 5) is 2.38. The van der Waals surface area contributed by atoms with Crippen LogP contribution in [0.5, 0.6) is 5.75 Å². The summed E-state index contributed by atoms with van der Waals surface area (Å²) in [7, 11) is 0.